The van der Waals surface area contributed by atoms with Gasteiger partial charge in [-0.25, -0.2) is 4.68 Å². The number of aromatic nitrogens is 6. The predicted molar refractivity (Wildman–Crippen MR) is 130 cm³/mol. The zero-order chi connectivity index (χ0) is 23.6. The second-order valence-electron chi connectivity index (χ2n) is 9.16. The lowest BCUT2D eigenvalue weighted by Crippen LogP contribution is -2.35. The molecular weight excluding hydrogens is 442 g/mol. The van der Waals surface area contributed by atoms with Crippen molar-refractivity contribution >= 4 is 17.0 Å². The van der Waals surface area contributed by atoms with Crippen LogP contribution in [-0.2, 0) is 16.0 Å². The molecule has 0 bridgehead atoms. The average Bonchev–Trinajstić information content (AvgIpc) is 3.55. The standard InChI is InChI=1S/C26H29N7O2/c1-18(19-7-8-22-20(15-19)5-4-11-27-22)33-26-24(30-31-33)10-9-23(29-26)21-16-28-32(17-21)12-14-35-25-6-2-3-13-34-25/h4-5,7-8,10-11,15-18,23,25H,2-3,6,9,12-14H2,1H3. The average molecular weight is 472 g/mol. The first-order chi connectivity index (χ1) is 17.2. The normalized spacial score (nSPS) is 20.7. The van der Waals surface area contributed by atoms with Gasteiger partial charge in [-0.3, -0.25) is 14.7 Å². The van der Waals surface area contributed by atoms with Crippen molar-refractivity contribution < 1.29 is 9.47 Å². The minimum atomic E-state index is -0.0752. The van der Waals surface area contributed by atoms with Gasteiger partial charge >= 0.3 is 0 Å². The van der Waals surface area contributed by atoms with Gasteiger partial charge < -0.3 is 9.47 Å². The van der Waals surface area contributed by atoms with Crippen LogP contribution in [0.2, 0.25) is 0 Å². The Hall–Kier alpha value is -3.43. The van der Waals surface area contributed by atoms with E-state index in [0.717, 1.165) is 58.7 Å². The van der Waals surface area contributed by atoms with E-state index in [1.54, 1.807) is 0 Å². The van der Waals surface area contributed by atoms with Crippen LogP contribution in [0.25, 0.3) is 17.0 Å². The van der Waals surface area contributed by atoms with Crippen LogP contribution in [0.5, 0.6) is 0 Å². The van der Waals surface area contributed by atoms with E-state index in [4.69, 9.17) is 14.5 Å². The lowest BCUT2D eigenvalue weighted by Gasteiger charge is -2.22. The third-order valence-corrected chi connectivity index (χ3v) is 6.78. The molecule has 2 aliphatic rings. The van der Waals surface area contributed by atoms with E-state index in [0.29, 0.717) is 13.2 Å². The van der Waals surface area contributed by atoms with Gasteiger partial charge in [0.25, 0.3) is 0 Å². The summed E-state index contributed by atoms with van der Waals surface area (Å²) in [5, 5.41) is 15.3. The molecule has 1 fully saturated rings. The number of ether oxygens (including phenoxy) is 2. The summed E-state index contributed by atoms with van der Waals surface area (Å²) in [4.78, 5) is 9.46. The maximum atomic E-state index is 5.85. The molecule has 0 spiro atoms. The highest BCUT2D eigenvalue weighted by Gasteiger charge is 2.20. The van der Waals surface area contributed by atoms with E-state index in [1.165, 1.54) is 6.42 Å². The van der Waals surface area contributed by atoms with Gasteiger partial charge in [0, 0.05) is 30.0 Å². The van der Waals surface area contributed by atoms with Crippen molar-refractivity contribution in [1.29, 1.82) is 0 Å². The van der Waals surface area contributed by atoms with Gasteiger partial charge in [0.15, 0.2) is 11.8 Å². The van der Waals surface area contributed by atoms with Crippen molar-refractivity contribution in [3.63, 3.8) is 0 Å². The van der Waals surface area contributed by atoms with Crippen LogP contribution >= 0.6 is 0 Å². The molecule has 0 aliphatic carbocycles. The fourth-order valence-electron chi connectivity index (χ4n) is 4.74. The Labute approximate surface area is 203 Å². The second kappa shape index (κ2) is 9.67. The van der Waals surface area contributed by atoms with Gasteiger partial charge in [-0.05, 0) is 56.4 Å². The predicted octanol–water partition coefficient (Wildman–Crippen LogP) is 2.72. The minimum Gasteiger partial charge on any atom is -0.353 e. The summed E-state index contributed by atoms with van der Waals surface area (Å²) in [5.74, 6) is 0. The summed E-state index contributed by atoms with van der Waals surface area (Å²) < 4.78 is 15.3. The van der Waals surface area contributed by atoms with Gasteiger partial charge in [0.05, 0.1) is 36.9 Å². The van der Waals surface area contributed by atoms with E-state index in [-0.39, 0.29) is 18.4 Å². The molecule has 5 heterocycles. The van der Waals surface area contributed by atoms with E-state index in [1.807, 2.05) is 27.8 Å². The summed E-state index contributed by atoms with van der Waals surface area (Å²) in [6, 6.07) is 10.3. The Bertz CT molecular complexity index is 1440. The third kappa shape index (κ3) is 4.61. The van der Waals surface area contributed by atoms with Crippen molar-refractivity contribution in [3.05, 3.63) is 70.9 Å². The van der Waals surface area contributed by atoms with Crippen LogP contribution in [0.15, 0.2) is 53.9 Å². The molecule has 180 valence electrons. The number of nitrogens with zero attached hydrogens (tertiary/aromatic N) is 7. The summed E-state index contributed by atoms with van der Waals surface area (Å²) in [6.45, 7) is 4.19. The molecule has 4 aromatic rings. The van der Waals surface area contributed by atoms with Crippen LogP contribution in [-0.4, -0.2) is 49.3 Å². The van der Waals surface area contributed by atoms with Gasteiger partial charge in [0.2, 0.25) is 0 Å². The Balaban J connectivity index is 1.19. The molecule has 0 amide bonds. The largest absolute Gasteiger partial charge is 0.353 e. The fourth-order valence-corrected chi connectivity index (χ4v) is 4.74. The molecular formula is C26H29N7O2. The van der Waals surface area contributed by atoms with Gasteiger partial charge in [-0.15, -0.1) is 5.10 Å². The molecule has 1 aromatic carbocycles. The first-order valence-corrected chi connectivity index (χ1v) is 12.3. The quantitative estimate of drug-likeness (QED) is 0.412. The van der Waals surface area contributed by atoms with Crippen LogP contribution in [0.4, 0.5) is 0 Å². The Morgan fingerprint density at radius 2 is 2.20 bits per heavy atom. The number of hydrogen-bond acceptors (Lipinski definition) is 7. The third-order valence-electron chi connectivity index (χ3n) is 6.78. The number of pyridine rings is 1. The summed E-state index contributed by atoms with van der Waals surface area (Å²) >= 11 is 0. The van der Waals surface area contributed by atoms with Crippen LogP contribution in [0.1, 0.15) is 55.8 Å². The number of rotatable bonds is 7. The van der Waals surface area contributed by atoms with Crippen molar-refractivity contribution in [2.75, 3.05) is 13.2 Å². The lowest BCUT2D eigenvalue weighted by atomic mass is 10.1. The minimum absolute atomic E-state index is 0.00589. The first kappa shape index (κ1) is 22.1. The number of fused-ring (bicyclic) bond motifs is 2. The molecule has 9 nitrogen and oxygen atoms in total. The molecule has 1 saturated heterocycles. The topological polar surface area (TPSA) is 92.2 Å². The summed E-state index contributed by atoms with van der Waals surface area (Å²) in [7, 11) is 0. The van der Waals surface area contributed by atoms with Gasteiger partial charge in [-0.2, -0.15) is 5.10 Å². The van der Waals surface area contributed by atoms with E-state index >= 15 is 0 Å². The smallest absolute Gasteiger partial charge is 0.174 e. The monoisotopic (exact) mass is 471 g/mol. The van der Waals surface area contributed by atoms with Crippen LogP contribution in [0, 0.1) is 0 Å². The highest BCUT2D eigenvalue weighted by molar-refractivity contribution is 5.79. The molecule has 3 unspecified atom stereocenters. The van der Waals surface area contributed by atoms with Crippen LogP contribution < -0.4 is 10.8 Å². The Morgan fingerprint density at radius 1 is 1.23 bits per heavy atom. The zero-order valence-electron chi connectivity index (χ0n) is 19.8. The van der Waals surface area contributed by atoms with Crippen molar-refractivity contribution in [2.45, 2.75) is 57.5 Å². The highest BCUT2D eigenvalue weighted by atomic mass is 16.7. The molecule has 35 heavy (non-hydrogen) atoms. The number of benzene rings is 1. The summed E-state index contributed by atoms with van der Waals surface area (Å²) in [6.07, 6.45) is 11.9. The SMILES string of the molecule is CC(c1ccc2ncccc2c1)n1nnc2c1=NC(c1cnn(CCOC3CCCCO3)c1)CC=2. The van der Waals surface area contributed by atoms with E-state index < -0.39 is 0 Å². The van der Waals surface area contributed by atoms with Crippen molar-refractivity contribution in [2.24, 2.45) is 4.99 Å². The fraction of sp³-hybridized carbons (Fsp3) is 0.423. The second-order valence-corrected chi connectivity index (χ2v) is 9.16. The zero-order valence-corrected chi connectivity index (χ0v) is 19.8. The molecule has 2 aliphatic heterocycles. The molecule has 3 atom stereocenters. The van der Waals surface area contributed by atoms with Gasteiger partial charge in [-0.1, -0.05) is 23.4 Å². The maximum absolute atomic E-state index is 5.85. The number of hydrogen-bond donors (Lipinski definition) is 0. The van der Waals surface area contributed by atoms with Gasteiger partial charge in [0.1, 0.15) is 5.35 Å². The molecule has 9 heteroatoms. The molecule has 0 saturated carbocycles. The highest BCUT2D eigenvalue weighted by Crippen LogP contribution is 2.23. The van der Waals surface area contributed by atoms with E-state index in [9.17, 15) is 0 Å². The summed E-state index contributed by atoms with van der Waals surface area (Å²) in [5.41, 5.74) is 4.02. The molecule has 3 aromatic heterocycles. The Kier molecular flexibility index (Phi) is 6.10. The van der Waals surface area contributed by atoms with Crippen molar-refractivity contribution in [3.8, 4) is 0 Å². The van der Waals surface area contributed by atoms with Crippen LogP contribution in [0.3, 0.4) is 0 Å². The molecule has 0 radical (unpaired) electrons. The maximum Gasteiger partial charge on any atom is 0.174 e. The lowest BCUT2D eigenvalue weighted by molar-refractivity contribution is -0.163. The molecule has 6 rings (SSSR count). The van der Waals surface area contributed by atoms with E-state index in [2.05, 4.69) is 63.9 Å². The molecule has 0 N–H and O–H groups in total. The first-order valence-electron chi connectivity index (χ1n) is 12.3. The Morgan fingerprint density at radius 3 is 3.11 bits per heavy atom. The van der Waals surface area contributed by atoms with Crippen molar-refractivity contribution in [1.82, 2.24) is 29.8 Å².